The standard InChI is InChI=1S/C16H25N3OS/c1-11(17)12-6-8-13(9-7-12)18-16(20)19-14-4-3-5-15(10-14)21-2/h6-9,11,14-15H,3-5,10,17H2,1-2H3,(H2,18,19,20). The number of hydrogen-bond acceptors (Lipinski definition) is 3. The summed E-state index contributed by atoms with van der Waals surface area (Å²) in [6.45, 7) is 1.94. The fourth-order valence-electron chi connectivity index (χ4n) is 2.71. The number of carbonyl (C=O) groups excluding carboxylic acids is 1. The summed E-state index contributed by atoms with van der Waals surface area (Å²) in [4.78, 5) is 12.0. The van der Waals surface area contributed by atoms with Gasteiger partial charge in [-0.15, -0.1) is 0 Å². The zero-order valence-electron chi connectivity index (χ0n) is 12.8. The van der Waals surface area contributed by atoms with Gasteiger partial charge in [0.25, 0.3) is 0 Å². The third-order valence-corrected chi connectivity index (χ3v) is 5.08. The van der Waals surface area contributed by atoms with Gasteiger partial charge in [0.2, 0.25) is 0 Å². The maximum absolute atomic E-state index is 12.0. The third-order valence-electron chi connectivity index (χ3n) is 3.99. The van der Waals surface area contributed by atoms with Crippen LogP contribution in [0.5, 0.6) is 0 Å². The number of nitrogens with two attached hydrogens (primary N) is 1. The van der Waals surface area contributed by atoms with Gasteiger partial charge in [0.15, 0.2) is 0 Å². The fraction of sp³-hybridized carbons (Fsp3) is 0.562. The van der Waals surface area contributed by atoms with Crippen molar-refractivity contribution in [1.82, 2.24) is 5.32 Å². The van der Waals surface area contributed by atoms with E-state index in [1.807, 2.05) is 43.0 Å². The summed E-state index contributed by atoms with van der Waals surface area (Å²) in [5.41, 5.74) is 7.68. The summed E-state index contributed by atoms with van der Waals surface area (Å²) >= 11 is 1.90. The highest BCUT2D eigenvalue weighted by Crippen LogP contribution is 2.26. The molecule has 1 fully saturated rings. The summed E-state index contributed by atoms with van der Waals surface area (Å²) in [7, 11) is 0. The molecular weight excluding hydrogens is 282 g/mol. The Kier molecular flexibility index (Phi) is 5.94. The van der Waals surface area contributed by atoms with Crippen molar-refractivity contribution in [3.63, 3.8) is 0 Å². The summed E-state index contributed by atoms with van der Waals surface area (Å²) in [5.74, 6) is 0. The number of carbonyl (C=O) groups is 1. The van der Waals surface area contributed by atoms with Crippen molar-refractivity contribution in [3.8, 4) is 0 Å². The van der Waals surface area contributed by atoms with Crippen LogP contribution in [0, 0.1) is 0 Å². The molecule has 0 aromatic heterocycles. The van der Waals surface area contributed by atoms with Gasteiger partial charge in [-0.25, -0.2) is 4.79 Å². The predicted octanol–water partition coefficient (Wildman–Crippen LogP) is 3.50. The molecule has 21 heavy (non-hydrogen) atoms. The van der Waals surface area contributed by atoms with E-state index in [1.54, 1.807) is 0 Å². The maximum Gasteiger partial charge on any atom is 0.319 e. The molecule has 4 nitrogen and oxygen atoms in total. The summed E-state index contributed by atoms with van der Waals surface area (Å²) in [5, 5.41) is 6.65. The zero-order valence-corrected chi connectivity index (χ0v) is 13.6. The Bertz CT molecular complexity index is 461. The Morgan fingerprint density at radius 2 is 2.05 bits per heavy atom. The molecule has 1 aromatic rings. The number of rotatable bonds is 4. The second-order valence-electron chi connectivity index (χ2n) is 5.73. The quantitative estimate of drug-likeness (QED) is 0.797. The van der Waals surface area contributed by atoms with Crippen LogP contribution in [-0.2, 0) is 0 Å². The molecule has 116 valence electrons. The highest BCUT2D eigenvalue weighted by molar-refractivity contribution is 7.99. The van der Waals surface area contributed by atoms with Gasteiger partial charge in [0.05, 0.1) is 0 Å². The van der Waals surface area contributed by atoms with Gasteiger partial charge in [-0.1, -0.05) is 18.6 Å². The van der Waals surface area contributed by atoms with Gasteiger partial charge in [-0.3, -0.25) is 0 Å². The lowest BCUT2D eigenvalue weighted by Gasteiger charge is -2.28. The first-order valence-corrected chi connectivity index (χ1v) is 8.83. The van der Waals surface area contributed by atoms with Crippen LogP contribution < -0.4 is 16.4 Å². The molecule has 1 aliphatic carbocycles. The van der Waals surface area contributed by atoms with Gasteiger partial charge in [0, 0.05) is 23.0 Å². The minimum absolute atomic E-state index is 0.0126. The molecule has 2 amide bonds. The van der Waals surface area contributed by atoms with Crippen LogP contribution in [0.2, 0.25) is 0 Å². The molecule has 1 aromatic carbocycles. The second-order valence-corrected chi connectivity index (χ2v) is 6.87. The normalized spacial score (nSPS) is 23.4. The van der Waals surface area contributed by atoms with E-state index in [4.69, 9.17) is 5.73 Å². The Morgan fingerprint density at radius 3 is 2.67 bits per heavy atom. The molecule has 2 rings (SSSR count). The van der Waals surface area contributed by atoms with Crippen molar-refractivity contribution in [2.24, 2.45) is 5.73 Å². The Balaban J connectivity index is 1.83. The molecule has 0 spiro atoms. The number of hydrogen-bond donors (Lipinski definition) is 3. The molecule has 0 saturated heterocycles. The molecule has 1 aliphatic rings. The third kappa shape index (κ3) is 4.93. The van der Waals surface area contributed by atoms with E-state index >= 15 is 0 Å². The molecule has 3 unspecified atom stereocenters. The van der Waals surface area contributed by atoms with Crippen molar-refractivity contribution < 1.29 is 4.79 Å². The molecule has 0 radical (unpaired) electrons. The van der Waals surface area contributed by atoms with Crippen LogP contribution >= 0.6 is 11.8 Å². The lowest BCUT2D eigenvalue weighted by atomic mass is 9.95. The largest absolute Gasteiger partial charge is 0.335 e. The van der Waals surface area contributed by atoms with Crippen molar-refractivity contribution in [3.05, 3.63) is 29.8 Å². The van der Waals surface area contributed by atoms with Crippen LogP contribution in [0.1, 0.15) is 44.2 Å². The minimum atomic E-state index is -0.115. The van der Waals surface area contributed by atoms with Crippen molar-refractivity contribution >= 4 is 23.5 Å². The number of amides is 2. The average molecular weight is 307 g/mol. The molecule has 0 heterocycles. The number of anilines is 1. The molecular formula is C16H25N3OS. The SMILES string of the molecule is CSC1CCCC(NC(=O)Nc2ccc(C(C)N)cc2)C1. The van der Waals surface area contributed by atoms with Gasteiger partial charge >= 0.3 is 6.03 Å². The van der Waals surface area contributed by atoms with E-state index in [9.17, 15) is 4.79 Å². The van der Waals surface area contributed by atoms with Crippen LogP contribution in [0.4, 0.5) is 10.5 Å². The van der Waals surface area contributed by atoms with E-state index in [1.165, 1.54) is 12.8 Å². The van der Waals surface area contributed by atoms with Crippen LogP contribution in [0.3, 0.4) is 0 Å². The molecule has 5 heteroatoms. The first-order chi connectivity index (χ1) is 10.1. The van der Waals surface area contributed by atoms with E-state index in [0.717, 1.165) is 24.1 Å². The average Bonchev–Trinajstić information content (AvgIpc) is 2.47. The molecule has 0 aliphatic heterocycles. The maximum atomic E-state index is 12.0. The summed E-state index contributed by atoms with van der Waals surface area (Å²) < 4.78 is 0. The summed E-state index contributed by atoms with van der Waals surface area (Å²) in [6, 6.07) is 7.87. The fourth-order valence-corrected chi connectivity index (χ4v) is 3.54. The first kappa shape index (κ1) is 16.2. The molecule has 4 N–H and O–H groups in total. The van der Waals surface area contributed by atoms with E-state index in [-0.39, 0.29) is 12.1 Å². The lowest BCUT2D eigenvalue weighted by Crippen LogP contribution is -2.41. The Hall–Kier alpha value is -1.20. The highest BCUT2D eigenvalue weighted by Gasteiger charge is 2.22. The molecule has 1 saturated carbocycles. The second kappa shape index (κ2) is 7.71. The highest BCUT2D eigenvalue weighted by atomic mass is 32.2. The number of urea groups is 1. The lowest BCUT2D eigenvalue weighted by molar-refractivity contribution is 0.244. The Labute approximate surface area is 131 Å². The molecule has 0 bridgehead atoms. The van der Waals surface area contributed by atoms with Gasteiger partial charge in [-0.2, -0.15) is 11.8 Å². The predicted molar refractivity (Wildman–Crippen MR) is 90.8 cm³/mol. The first-order valence-electron chi connectivity index (χ1n) is 7.54. The Morgan fingerprint density at radius 1 is 1.33 bits per heavy atom. The van der Waals surface area contributed by atoms with E-state index < -0.39 is 0 Å². The topological polar surface area (TPSA) is 67.2 Å². The number of benzene rings is 1. The number of nitrogens with one attached hydrogen (secondary N) is 2. The number of thioether (sulfide) groups is 1. The zero-order chi connectivity index (χ0) is 15.2. The van der Waals surface area contributed by atoms with Crippen molar-refractivity contribution in [2.75, 3.05) is 11.6 Å². The van der Waals surface area contributed by atoms with Gasteiger partial charge in [0.1, 0.15) is 0 Å². The van der Waals surface area contributed by atoms with Crippen molar-refractivity contribution in [2.45, 2.75) is 49.9 Å². The van der Waals surface area contributed by atoms with Gasteiger partial charge in [-0.05, 0) is 50.1 Å². The van der Waals surface area contributed by atoms with Crippen LogP contribution in [-0.4, -0.2) is 23.6 Å². The van der Waals surface area contributed by atoms with Crippen molar-refractivity contribution in [1.29, 1.82) is 0 Å². The summed E-state index contributed by atoms with van der Waals surface area (Å²) in [6.07, 6.45) is 6.75. The smallest absolute Gasteiger partial charge is 0.319 e. The van der Waals surface area contributed by atoms with E-state index in [2.05, 4.69) is 16.9 Å². The van der Waals surface area contributed by atoms with Crippen LogP contribution in [0.25, 0.3) is 0 Å². The van der Waals surface area contributed by atoms with Gasteiger partial charge < -0.3 is 16.4 Å². The monoisotopic (exact) mass is 307 g/mol. The minimum Gasteiger partial charge on any atom is -0.335 e. The van der Waals surface area contributed by atoms with E-state index in [0.29, 0.717) is 11.3 Å². The molecule has 3 atom stereocenters. The van der Waals surface area contributed by atoms with Crippen LogP contribution in [0.15, 0.2) is 24.3 Å².